The summed E-state index contributed by atoms with van der Waals surface area (Å²) < 4.78 is 0.861. The van der Waals surface area contributed by atoms with Crippen LogP contribution in [0, 0.1) is 5.41 Å². The second-order valence-electron chi connectivity index (χ2n) is 5.70. The second-order valence-corrected chi connectivity index (χ2v) is 7.50. The first-order chi connectivity index (χ1) is 7.79. The molecular formula is C13H23ClN2S. The first-order valence-electron chi connectivity index (χ1n) is 5.97. The Balaban J connectivity index is 2.33. The highest BCUT2D eigenvalue weighted by molar-refractivity contribution is 7.16. The SMILES string of the molecule is CN(CCC(N)C(C)(C)C)Cc1ccc(Cl)s1. The van der Waals surface area contributed by atoms with Gasteiger partial charge in [0.2, 0.25) is 0 Å². The molecule has 98 valence electrons. The molecule has 0 bridgehead atoms. The van der Waals surface area contributed by atoms with Gasteiger partial charge >= 0.3 is 0 Å². The smallest absolute Gasteiger partial charge is 0.0931 e. The van der Waals surface area contributed by atoms with Crippen LogP contribution in [0.25, 0.3) is 0 Å². The van der Waals surface area contributed by atoms with Crippen molar-refractivity contribution in [2.45, 2.75) is 39.8 Å². The molecular weight excluding hydrogens is 252 g/mol. The molecule has 0 saturated carbocycles. The molecule has 1 rings (SSSR count). The van der Waals surface area contributed by atoms with Gasteiger partial charge in [0.15, 0.2) is 0 Å². The van der Waals surface area contributed by atoms with Crippen molar-refractivity contribution in [1.82, 2.24) is 4.90 Å². The summed E-state index contributed by atoms with van der Waals surface area (Å²) in [7, 11) is 2.13. The number of nitrogens with zero attached hydrogens (tertiary/aromatic N) is 1. The number of hydrogen-bond acceptors (Lipinski definition) is 3. The summed E-state index contributed by atoms with van der Waals surface area (Å²) in [5, 5.41) is 0. The fourth-order valence-electron chi connectivity index (χ4n) is 1.57. The number of nitrogens with two attached hydrogens (primary N) is 1. The highest BCUT2D eigenvalue weighted by Crippen LogP contribution is 2.23. The van der Waals surface area contributed by atoms with Crippen LogP contribution in [0.5, 0.6) is 0 Å². The highest BCUT2D eigenvalue weighted by Gasteiger charge is 2.20. The summed E-state index contributed by atoms with van der Waals surface area (Å²) in [6.07, 6.45) is 1.03. The number of hydrogen-bond donors (Lipinski definition) is 1. The van der Waals surface area contributed by atoms with Gasteiger partial charge in [0.25, 0.3) is 0 Å². The van der Waals surface area contributed by atoms with E-state index in [0.29, 0.717) is 0 Å². The highest BCUT2D eigenvalue weighted by atomic mass is 35.5. The Kier molecular flexibility index (Phi) is 5.45. The Morgan fingerprint density at radius 3 is 2.53 bits per heavy atom. The molecule has 1 heterocycles. The van der Waals surface area contributed by atoms with Crippen molar-refractivity contribution in [3.63, 3.8) is 0 Å². The van der Waals surface area contributed by atoms with Gasteiger partial charge in [0.1, 0.15) is 0 Å². The lowest BCUT2D eigenvalue weighted by Crippen LogP contribution is -2.37. The molecule has 0 radical (unpaired) electrons. The molecule has 0 aliphatic carbocycles. The van der Waals surface area contributed by atoms with Gasteiger partial charge in [-0.2, -0.15) is 0 Å². The first kappa shape index (κ1) is 15.0. The Morgan fingerprint density at radius 2 is 2.06 bits per heavy atom. The summed E-state index contributed by atoms with van der Waals surface area (Å²) in [4.78, 5) is 3.61. The Hall–Kier alpha value is -0.0900. The van der Waals surface area contributed by atoms with E-state index < -0.39 is 0 Å². The van der Waals surface area contributed by atoms with Crippen LogP contribution >= 0.6 is 22.9 Å². The predicted molar refractivity (Wildman–Crippen MR) is 77.7 cm³/mol. The third-order valence-electron chi connectivity index (χ3n) is 2.99. The minimum atomic E-state index is 0.188. The molecule has 1 atom stereocenters. The average Bonchev–Trinajstić information content (AvgIpc) is 2.58. The molecule has 0 aliphatic heterocycles. The van der Waals surface area contributed by atoms with Crippen molar-refractivity contribution >= 4 is 22.9 Å². The van der Waals surface area contributed by atoms with E-state index in [2.05, 4.69) is 38.8 Å². The molecule has 0 amide bonds. The number of thiophene rings is 1. The third-order valence-corrected chi connectivity index (χ3v) is 4.20. The number of halogens is 1. The average molecular weight is 275 g/mol. The molecule has 17 heavy (non-hydrogen) atoms. The Morgan fingerprint density at radius 1 is 1.41 bits per heavy atom. The van der Waals surface area contributed by atoms with Gasteiger partial charge in [0, 0.05) is 17.5 Å². The van der Waals surface area contributed by atoms with Crippen molar-refractivity contribution in [1.29, 1.82) is 0 Å². The molecule has 0 fully saturated rings. The summed E-state index contributed by atoms with van der Waals surface area (Å²) in [6, 6.07) is 4.29. The third kappa shape index (κ3) is 5.38. The van der Waals surface area contributed by atoms with Crippen molar-refractivity contribution in [2.24, 2.45) is 11.1 Å². The monoisotopic (exact) mass is 274 g/mol. The van der Waals surface area contributed by atoms with E-state index in [1.807, 2.05) is 6.07 Å². The standard InChI is InChI=1S/C13H23ClN2S/c1-13(2,3)11(15)7-8-16(4)9-10-5-6-12(14)17-10/h5-6,11H,7-9,15H2,1-4H3. The molecule has 2 nitrogen and oxygen atoms in total. The van der Waals surface area contributed by atoms with Crippen LogP contribution in [0.3, 0.4) is 0 Å². The van der Waals surface area contributed by atoms with Crippen molar-refractivity contribution in [3.05, 3.63) is 21.3 Å². The molecule has 1 unspecified atom stereocenters. The van der Waals surface area contributed by atoms with Crippen LogP contribution in [0.1, 0.15) is 32.1 Å². The quantitative estimate of drug-likeness (QED) is 0.889. The van der Waals surface area contributed by atoms with Gasteiger partial charge in [-0.25, -0.2) is 0 Å². The van der Waals surface area contributed by atoms with Crippen LogP contribution in [-0.2, 0) is 6.54 Å². The number of rotatable bonds is 5. The van der Waals surface area contributed by atoms with Crippen LogP contribution in [0.2, 0.25) is 4.34 Å². The summed E-state index contributed by atoms with van der Waals surface area (Å²) in [5.41, 5.74) is 6.34. The zero-order chi connectivity index (χ0) is 13.1. The van der Waals surface area contributed by atoms with Gasteiger partial charge in [-0.3, -0.25) is 0 Å². The zero-order valence-corrected chi connectivity index (χ0v) is 12.7. The van der Waals surface area contributed by atoms with Gasteiger partial charge in [-0.15, -0.1) is 11.3 Å². The fraction of sp³-hybridized carbons (Fsp3) is 0.692. The van der Waals surface area contributed by atoms with Gasteiger partial charge in [-0.05, 0) is 37.6 Å². The van der Waals surface area contributed by atoms with Crippen molar-refractivity contribution < 1.29 is 0 Å². The van der Waals surface area contributed by atoms with E-state index in [-0.39, 0.29) is 11.5 Å². The fourth-order valence-corrected chi connectivity index (χ4v) is 2.74. The largest absolute Gasteiger partial charge is 0.327 e. The molecule has 1 aromatic heterocycles. The Labute approximate surface area is 114 Å². The van der Waals surface area contributed by atoms with Gasteiger partial charge < -0.3 is 10.6 Å². The maximum atomic E-state index is 6.15. The minimum Gasteiger partial charge on any atom is -0.327 e. The van der Waals surface area contributed by atoms with E-state index in [1.54, 1.807) is 11.3 Å². The van der Waals surface area contributed by atoms with E-state index in [0.717, 1.165) is 23.8 Å². The lowest BCUT2D eigenvalue weighted by atomic mass is 9.85. The molecule has 2 N–H and O–H groups in total. The molecule has 4 heteroatoms. The Bertz CT molecular complexity index is 343. The topological polar surface area (TPSA) is 29.3 Å². The maximum absolute atomic E-state index is 6.15. The molecule has 0 aliphatic rings. The predicted octanol–water partition coefficient (Wildman–Crippen LogP) is 3.60. The molecule has 1 aromatic rings. The molecule has 0 saturated heterocycles. The second kappa shape index (κ2) is 6.19. The minimum absolute atomic E-state index is 0.188. The first-order valence-corrected chi connectivity index (χ1v) is 7.17. The summed E-state index contributed by atoms with van der Waals surface area (Å²) >= 11 is 7.56. The van der Waals surface area contributed by atoms with Gasteiger partial charge in [0.05, 0.1) is 4.34 Å². The van der Waals surface area contributed by atoms with E-state index in [9.17, 15) is 0 Å². The maximum Gasteiger partial charge on any atom is 0.0931 e. The van der Waals surface area contributed by atoms with Gasteiger partial charge in [-0.1, -0.05) is 32.4 Å². The normalized spacial score (nSPS) is 14.3. The van der Waals surface area contributed by atoms with Crippen molar-refractivity contribution in [3.8, 4) is 0 Å². The lowest BCUT2D eigenvalue weighted by molar-refractivity contribution is 0.252. The van der Waals surface area contributed by atoms with Crippen LogP contribution in [-0.4, -0.2) is 24.5 Å². The lowest BCUT2D eigenvalue weighted by Gasteiger charge is -2.28. The van der Waals surface area contributed by atoms with E-state index in [4.69, 9.17) is 17.3 Å². The van der Waals surface area contributed by atoms with Crippen LogP contribution in [0.4, 0.5) is 0 Å². The molecule has 0 spiro atoms. The van der Waals surface area contributed by atoms with E-state index >= 15 is 0 Å². The van der Waals surface area contributed by atoms with E-state index in [1.165, 1.54) is 4.88 Å². The van der Waals surface area contributed by atoms with Crippen LogP contribution < -0.4 is 5.73 Å². The summed E-state index contributed by atoms with van der Waals surface area (Å²) in [6.45, 7) is 8.55. The summed E-state index contributed by atoms with van der Waals surface area (Å²) in [5.74, 6) is 0. The van der Waals surface area contributed by atoms with Crippen molar-refractivity contribution in [2.75, 3.05) is 13.6 Å². The molecule has 0 aromatic carbocycles. The van der Waals surface area contributed by atoms with Crippen LogP contribution in [0.15, 0.2) is 12.1 Å². The zero-order valence-electron chi connectivity index (χ0n) is 11.2.